The van der Waals surface area contributed by atoms with E-state index >= 15 is 0 Å². The number of carbonyl (C=O) groups is 4. The molecule has 0 saturated carbocycles. The van der Waals surface area contributed by atoms with Crippen molar-refractivity contribution >= 4 is 52.4 Å². The third-order valence-corrected chi connectivity index (χ3v) is 6.49. The number of nitrogens with one attached hydrogen (secondary N) is 2. The highest BCUT2D eigenvalue weighted by molar-refractivity contribution is 7.13. The van der Waals surface area contributed by atoms with Crippen molar-refractivity contribution in [2.24, 2.45) is 0 Å². The Bertz CT molecular complexity index is 1090. The number of anilines is 1. The fourth-order valence-corrected chi connectivity index (χ4v) is 4.45. The monoisotopic (exact) mass is 507 g/mol. The standard InChI is InChI=1S/C21H26ClN7O4S/c1-27(2)20(32)14(25-17(30)19-26-13-7-8-28(3)11-15(13)34-19)10-24-18(31)21(33)29(4)16-6-5-12(22)9-23-16/h5-6,9,14H,7-8,10-11H2,1-4H3,(H,24,31)(H,25,30). The van der Waals surface area contributed by atoms with Gasteiger partial charge in [-0.2, -0.15) is 0 Å². The highest BCUT2D eigenvalue weighted by Crippen LogP contribution is 2.24. The van der Waals surface area contributed by atoms with E-state index in [9.17, 15) is 19.2 Å². The van der Waals surface area contributed by atoms with E-state index in [-0.39, 0.29) is 17.4 Å². The van der Waals surface area contributed by atoms with Crippen LogP contribution >= 0.6 is 22.9 Å². The van der Waals surface area contributed by atoms with Crippen LogP contribution in [0, 0.1) is 0 Å². The maximum Gasteiger partial charge on any atom is 0.317 e. The Morgan fingerprint density at radius 3 is 2.62 bits per heavy atom. The number of nitrogens with zero attached hydrogens (tertiary/aromatic N) is 5. The van der Waals surface area contributed by atoms with Gasteiger partial charge in [0.15, 0.2) is 5.01 Å². The van der Waals surface area contributed by atoms with Crippen LogP contribution in [0.2, 0.25) is 5.02 Å². The summed E-state index contributed by atoms with van der Waals surface area (Å²) in [6.07, 6.45) is 2.11. The number of thiazole rings is 1. The number of likely N-dealkylation sites (N-methyl/N-ethyl adjacent to an activating group) is 3. The van der Waals surface area contributed by atoms with Gasteiger partial charge in [0.25, 0.3) is 5.91 Å². The van der Waals surface area contributed by atoms with Gasteiger partial charge in [-0.3, -0.25) is 24.1 Å². The number of hydrogen-bond acceptors (Lipinski definition) is 8. The molecule has 2 N–H and O–H groups in total. The maximum atomic E-state index is 12.8. The van der Waals surface area contributed by atoms with Crippen LogP contribution in [0.1, 0.15) is 20.4 Å². The fraction of sp³-hybridized carbons (Fsp3) is 0.429. The maximum absolute atomic E-state index is 12.8. The van der Waals surface area contributed by atoms with E-state index in [0.29, 0.717) is 11.6 Å². The summed E-state index contributed by atoms with van der Waals surface area (Å²) in [5.41, 5.74) is 0.890. The Kier molecular flexibility index (Phi) is 8.18. The van der Waals surface area contributed by atoms with Gasteiger partial charge in [0, 0.05) is 58.3 Å². The molecule has 1 unspecified atom stereocenters. The molecule has 13 heteroatoms. The topological polar surface area (TPSA) is 128 Å². The lowest BCUT2D eigenvalue weighted by atomic mass is 10.2. The minimum atomic E-state index is -1.08. The van der Waals surface area contributed by atoms with Crippen molar-refractivity contribution in [3.8, 4) is 0 Å². The van der Waals surface area contributed by atoms with Crippen LogP contribution in [-0.2, 0) is 27.3 Å². The predicted octanol–water partition coefficient (Wildman–Crippen LogP) is 0.145. The van der Waals surface area contributed by atoms with E-state index in [2.05, 4.69) is 25.5 Å². The van der Waals surface area contributed by atoms with Gasteiger partial charge < -0.3 is 20.4 Å². The lowest BCUT2D eigenvalue weighted by Gasteiger charge is -2.22. The summed E-state index contributed by atoms with van der Waals surface area (Å²) < 4.78 is 0. The number of rotatable bonds is 6. The molecule has 182 valence electrons. The highest BCUT2D eigenvalue weighted by atomic mass is 35.5. The number of fused-ring (bicyclic) bond motifs is 1. The van der Waals surface area contributed by atoms with Crippen molar-refractivity contribution < 1.29 is 19.2 Å². The van der Waals surface area contributed by atoms with Crippen LogP contribution in [0.15, 0.2) is 18.3 Å². The summed E-state index contributed by atoms with van der Waals surface area (Å²) in [5.74, 6) is -2.54. The molecule has 0 bridgehead atoms. The molecular weight excluding hydrogens is 482 g/mol. The molecule has 4 amide bonds. The van der Waals surface area contributed by atoms with Crippen molar-refractivity contribution in [2.45, 2.75) is 19.0 Å². The van der Waals surface area contributed by atoms with Gasteiger partial charge in [0.2, 0.25) is 5.91 Å². The van der Waals surface area contributed by atoms with Crippen molar-refractivity contribution in [3.05, 3.63) is 38.9 Å². The van der Waals surface area contributed by atoms with Crippen LogP contribution in [-0.4, -0.2) is 90.7 Å². The molecule has 0 aliphatic carbocycles. The van der Waals surface area contributed by atoms with Crippen molar-refractivity contribution in [1.29, 1.82) is 0 Å². The minimum absolute atomic E-state index is 0.233. The molecular formula is C21H26ClN7O4S. The molecule has 34 heavy (non-hydrogen) atoms. The number of aromatic nitrogens is 2. The van der Waals surface area contributed by atoms with Gasteiger partial charge in [0.05, 0.1) is 10.7 Å². The first kappa shape index (κ1) is 25.5. The number of pyridine rings is 1. The lowest BCUT2D eigenvalue weighted by Crippen LogP contribution is -2.54. The Labute approximate surface area is 206 Å². The second-order valence-corrected chi connectivity index (χ2v) is 9.56. The van der Waals surface area contributed by atoms with Gasteiger partial charge in [-0.05, 0) is 19.2 Å². The van der Waals surface area contributed by atoms with Crippen LogP contribution in [0.5, 0.6) is 0 Å². The molecule has 0 aromatic carbocycles. The van der Waals surface area contributed by atoms with E-state index in [0.717, 1.165) is 28.4 Å². The number of carbonyl (C=O) groups excluding carboxylic acids is 4. The van der Waals surface area contributed by atoms with Crippen molar-refractivity contribution in [1.82, 2.24) is 30.4 Å². The molecule has 2 aromatic rings. The summed E-state index contributed by atoms with van der Waals surface area (Å²) in [6, 6.07) is 1.96. The summed E-state index contributed by atoms with van der Waals surface area (Å²) in [4.78, 5) is 64.3. The SMILES string of the molecule is CN1CCc2nc(C(=O)NC(CNC(=O)C(=O)N(C)c3ccc(Cl)cn3)C(=O)N(C)C)sc2C1. The lowest BCUT2D eigenvalue weighted by molar-refractivity contribution is -0.138. The first-order valence-electron chi connectivity index (χ1n) is 10.4. The zero-order valence-electron chi connectivity index (χ0n) is 19.3. The van der Waals surface area contributed by atoms with Gasteiger partial charge >= 0.3 is 11.8 Å². The summed E-state index contributed by atoms with van der Waals surface area (Å²) in [6.45, 7) is 1.30. The van der Waals surface area contributed by atoms with E-state index in [1.54, 1.807) is 6.07 Å². The van der Waals surface area contributed by atoms with E-state index < -0.39 is 29.7 Å². The molecule has 3 rings (SSSR count). The zero-order valence-corrected chi connectivity index (χ0v) is 20.9. The number of hydrogen-bond donors (Lipinski definition) is 2. The van der Waals surface area contributed by atoms with E-state index in [1.807, 2.05) is 7.05 Å². The zero-order chi connectivity index (χ0) is 25.0. The van der Waals surface area contributed by atoms with Crippen molar-refractivity contribution in [2.75, 3.05) is 46.2 Å². The third-order valence-electron chi connectivity index (χ3n) is 5.18. The predicted molar refractivity (Wildman–Crippen MR) is 128 cm³/mol. The molecule has 0 fully saturated rings. The van der Waals surface area contributed by atoms with Crippen molar-refractivity contribution in [3.63, 3.8) is 0 Å². The number of amides is 4. The average Bonchev–Trinajstić information content (AvgIpc) is 3.23. The fourth-order valence-electron chi connectivity index (χ4n) is 3.25. The molecule has 1 aliphatic rings. The quantitative estimate of drug-likeness (QED) is 0.532. The first-order valence-corrected chi connectivity index (χ1v) is 11.6. The Hall–Kier alpha value is -3.09. The Morgan fingerprint density at radius 1 is 1.24 bits per heavy atom. The molecule has 0 spiro atoms. The Morgan fingerprint density at radius 2 is 1.97 bits per heavy atom. The highest BCUT2D eigenvalue weighted by Gasteiger charge is 2.28. The smallest absolute Gasteiger partial charge is 0.317 e. The number of halogens is 1. The summed E-state index contributed by atoms with van der Waals surface area (Å²) >= 11 is 7.09. The average molecular weight is 508 g/mol. The van der Waals surface area contributed by atoms with Gasteiger partial charge in [-0.25, -0.2) is 9.97 Å². The molecule has 1 atom stereocenters. The molecule has 0 radical (unpaired) electrons. The second-order valence-electron chi connectivity index (χ2n) is 8.04. The molecule has 2 aromatic heterocycles. The summed E-state index contributed by atoms with van der Waals surface area (Å²) in [5, 5.41) is 5.70. The van der Waals surface area contributed by atoms with Gasteiger partial charge in [-0.1, -0.05) is 11.6 Å². The molecule has 1 aliphatic heterocycles. The third kappa shape index (κ3) is 6.07. The van der Waals surface area contributed by atoms with Crippen LogP contribution < -0.4 is 15.5 Å². The van der Waals surface area contributed by atoms with Gasteiger partial charge in [-0.15, -0.1) is 11.3 Å². The normalized spacial score (nSPS) is 14.0. The molecule has 3 heterocycles. The van der Waals surface area contributed by atoms with Crippen LogP contribution in [0.3, 0.4) is 0 Å². The molecule has 0 saturated heterocycles. The molecule has 11 nitrogen and oxygen atoms in total. The Balaban J connectivity index is 1.65. The largest absolute Gasteiger partial charge is 0.347 e. The van der Waals surface area contributed by atoms with Gasteiger partial charge in [0.1, 0.15) is 11.9 Å². The second kappa shape index (κ2) is 10.9. The van der Waals surface area contributed by atoms with Crippen LogP contribution in [0.25, 0.3) is 0 Å². The van der Waals surface area contributed by atoms with E-state index in [4.69, 9.17) is 11.6 Å². The summed E-state index contributed by atoms with van der Waals surface area (Å²) in [7, 11) is 6.46. The van der Waals surface area contributed by atoms with E-state index in [1.165, 1.54) is 49.6 Å². The minimum Gasteiger partial charge on any atom is -0.347 e. The van der Waals surface area contributed by atoms with Crippen LogP contribution in [0.4, 0.5) is 5.82 Å². The first-order chi connectivity index (χ1) is 16.1.